The summed E-state index contributed by atoms with van der Waals surface area (Å²) in [5, 5.41) is 17.1. The summed E-state index contributed by atoms with van der Waals surface area (Å²) in [6.45, 7) is 0. The van der Waals surface area contributed by atoms with Gasteiger partial charge in [-0.2, -0.15) is 5.26 Å². The molecule has 0 saturated carbocycles. The van der Waals surface area contributed by atoms with Gasteiger partial charge in [0.15, 0.2) is 0 Å². The predicted molar refractivity (Wildman–Crippen MR) is 193 cm³/mol. The minimum Gasteiger partial charge on any atom is -0.456 e. The average molecular weight is 600 g/mol. The van der Waals surface area contributed by atoms with Gasteiger partial charge < -0.3 is 13.6 Å². The van der Waals surface area contributed by atoms with Crippen LogP contribution in [0.25, 0.3) is 88.1 Å². The molecule has 0 N–H and O–H groups in total. The van der Waals surface area contributed by atoms with Crippen LogP contribution in [0.3, 0.4) is 0 Å². The molecule has 0 unspecified atom stereocenters. The fraction of sp³-hybridized carbons (Fsp3) is 0. The van der Waals surface area contributed by atoms with E-state index in [2.05, 4.69) is 143 Å². The summed E-state index contributed by atoms with van der Waals surface area (Å²) in [5.74, 6) is 0. The average Bonchev–Trinajstić information content (AvgIpc) is 3.78. The number of hydrogen-bond acceptors (Lipinski definition) is 2. The number of benzene rings is 7. The largest absolute Gasteiger partial charge is 0.456 e. The van der Waals surface area contributed by atoms with Crippen molar-refractivity contribution in [2.45, 2.75) is 0 Å². The molecule has 3 aromatic heterocycles. The van der Waals surface area contributed by atoms with Crippen LogP contribution in [0.1, 0.15) is 5.56 Å². The van der Waals surface area contributed by atoms with Crippen LogP contribution in [0.2, 0.25) is 0 Å². The van der Waals surface area contributed by atoms with Crippen LogP contribution in [0.15, 0.2) is 156 Å². The number of para-hydroxylation sites is 4. The summed E-state index contributed by atoms with van der Waals surface area (Å²) in [6.07, 6.45) is 0. The normalized spacial score (nSPS) is 11.8. The van der Waals surface area contributed by atoms with Gasteiger partial charge in [-0.1, -0.05) is 84.9 Å². The molecule has 0 aliphatic carbocycles. The number of nitriles is 1. The van der Waals surface area contributed by atoms with Gasteiger partial charge in [0.05, 0.1) is 33.7 Å². The molecule has 47 heavy (non-hydrogen) atoms. The van der Waals surface area contributed by atoms with E-state index < -0.39 is 0 Å². The molecule has 4 nitrogen and oxygen atoms in total. The highest BCUT2D eigenvalue weighted by atomic mass is 16.3. The Labute approximate surface area is 269 Å². The minimum absolute atomic E-state index is 0.621. The van der Waals surface area contributed by atoms with Crippen LogP contribution in [0, 0.1) is 11.3 Å². The summed E-state index contributed by atoms with van der Waals surface area (Å²) in [4.78, 5) is 0. The molecule has 7 aromatic carbocycles. The highest BCUT2D eigenvalue weighted by Crippen LogP contribution is 2.39. The summed E-state index contributed by atoms with van der Waals surface area (Å²) in [7, 11) is 0. The van der Waals surface area contributed by atoms with Gasteiger partial charge in [0.2, 0.25) is 0 Å². The maximum Gasteiger partial charge on any atom is 0.136 e. The molecule has 4 heteroatoms. The zero-order chi connectivity index (χ0) is 31.1. The smallest absolute Gasteiger partial charge is 0.136 e. The Balaban J connectivity index is 1.20. The standard InChI is InChI=1S/C43H25N3O/c44-26-27-20-29(23-31(21-27)46-38-16-5-1-12-32(38)33-13-2-6-17-39(33)46)28-10-9-11-30(22-28)45-40-18-7-3-14-34(40)36-25-43-37(24-41(36)45)35-15-4-8-19-42(35)47-43/h1-25H. The Hall–Kier alpha value is -6.57. The Morgan fingerprint density at radius 3 is 1.70 bits per heavy atom. The van der Waals surface area contributed by atoms with E-state index in [-0.39, 0.29) is 0 Å². The first-order valence-electron chi connectivity index (χ1n) is 15.7. The minimum atomic E-state index is 0.621. The Morgan fingerprint density at radius 1 is 0.404 bits per heavy atom. The van der Waals surface area contributed by atoms with Crippen LogP contribution >= 0.6 is 0 Å². The number of rotatable bonds is 3. The van der Waals surface area contributed by atoms with Crippen molar-refractivity contribution in [3.8, 4) is 28.6 Å². The first kappa shape index (κ1) is 25.7. The lowest BCUT2D eigenvalue weighted by Crippen LogP contribution is -1.97. The Morgan fingerprint density at radius 2 is 1.00 bits per heavy atom. The van der Waals surface area contributed by atoms with Crippen LogP contribution in [0.5, 0.6) is 0 Å². The lowest BCUT2D eigenvalue weighted by atomic mass is 10.0. The van der Waals surface area contributed by atoms with Gasteiger partial charge in [-0.15, -0.1) is 0 Å². The van der Waals surface area contributed by atoms with E-state index in [4.69, 9.17) is 4.42 Å². The molecule has 0 aliphatic heterocycles. The quantitative estimate of drug-likeness (QED) is 0.203. The van der Waals surface area contributed by atoms with Gasteiger partial charge in [-0.3, -0.25) is 0 Å². The summed E-state index contributed by atoms with van der Waals surface area (Å²) in [5.41, 5.74) is 11.0. The maximum absolute atomic E-state index is 10.2. The molecule has 0 fully saturated rings. The third-order valence-electron chi connectivity index (χ3n) is 9.49. The lowest BCUT2D eigenvalue weighted by molar-refractivity contribution is 0.669. The fourth-order valence-electron chi connectivity index (χ4n) is 7.46. The monoisotopic (exact) mass is 599 g/mol. The van der Waals surface area contributed by atoms with Crippen LogP contribution < -0.4 is 0 Å². The Kier molecular flexibility index (Phi) is 5.32. The van der Waals surface area contributed by atoms with Gasteiger partial charge in [0.1, 0.15) is 11.2 Å². The molecule has 10 rings (SSSR count). The van der Waals surface area contributed by atoms with Gasteiger partial charge in [0, 0.05) is 43.7 Å². The molecule has 0 bridgehead atoms. The predicted octanol–water partition coefficient (Wildman–Crippen LogP) is 11.3. The number of fused-ring (bicyclic) bond motifs is 9. The number of hydrogen-bond donors (Lipinski definition) is 0. The second-order valence-electron chi connectivity index (χ2n) is 12.1. The second kappa shape index (κ2) is 9.71. The van der Waals surface area contributed by atoms with E-state index in [1.54, 1.807) is 0 Å². The number of aromatic nitrogens is 2. The third-order valence-corrected chi connectivity index (χ3v) is 9.49. The van der Waals surface area contributed by atoms with E-state index in [0.717, 1.165) is 71.9 Å². The maximum atomic E-state index is 10.2. The summed E-state index contributed by atoms with van der Waals surface area (Å²) in [6, 6.07) is 55.4. The molecule has 3 heterocycles. The van der Waals surface area contributed by atoms with Crippen LogP contribution in [-0.4, -0.2) is 9.13 Å². The highest BCUT2D eigenvalue weighted by molar-refractivity contribution is 6.17. The molecule has 0 aliphatic rings. The van der Waals surface area contributed by atoms with Crippen molar-refractivity contribution in [3.63, 3.8) is 0 Å². The SMILES string of the molecule is N#Cc1cc(-c2cccc(-n3c4ccccc4c4cc5oc6ccccc6c5cc43)c2)cc(-n2c3ccccc3c3ccccc32)c1. The molecule has 0 saturated heterocycles. The number of furan rings is 1. The van der Waals surface area contributed by atoms with Gasteiger partial charge in [0.25, 0.3) is 0 Å². The van der Waals surface area contributed by atoms with Gasteiger partial charge in [-0.25, -0.2) is 0 Å². The van der Waals surface area contributed by atoms with Crippen molar-refractivity contribution in [2.75, 3.05) is 0 Å². The third kappa shape index (κ3) is 3.75. The van der Waals surface area contributed by atoms with E-state index in [0.29, 0.717) is 5.56 Å². The molecular formula is C43H25N3O. The van der Waals surface area contributed by atoms with Gasteiger partial charge >= 0.3 is 0 Å². The highest BCUT2D eigenvalue weighted by Gasteiger charge is 2.18. The Bertz CT molecular complexity index is 2880. The summed E-state index contributed by atoms with van der Waals surface area (Å²) >= 11 is 0. The first-order chi connectivity index (χ1) is 23.2. The molecule has 10 aromatic rings. The van der Waals surface area contributed by atoms with Gasteiger partial charge in [-0.05, 0) is 77.9 Å². The van der Waals surface area contributed by atoms with Crippen molar-refractivity contribution in [1.29, 1.82) is 5.26 Å². The van der Waals surface area contributed by atoms with E-state index in [1.807, 2.05) is 24.3 Å². The molecule has 0 spiro atoms. The molecule has 218 valence electrons. The van der Waals surface area contributed by atoms with Crippen LogP contribution in [0.4, 0.5) is 0 Å². The molecular weight excluding hydrogens is 574 g/mol. The van der Waals surface area contributed by atoms with E-state index in [1.165, 1.54) is 16.2 Å². The van der Waals surface area contributed by atoms with Crippen molar-refractivity contribution in [2.24, 2.45) is 0 Å². The van der Waals surface area contributed by atoms with Crippen LogP contribution in [-0.2, 0) is 0 Å². The zero-order valence-corrected chi connectivity index (χ0v) is 25.2. The molecule has 0 radical (unpaired) electrons. The molecule has 0 amide bonds. The summed E-state index contributed by atoms with van der Waals surface area (Å²) < 4.78 is 10.9. The molecule has 0 atom stereocenters. The fourth-order valence-corrected chi connectivity index (χ4v) is 7.46. The zero-order valence-electron chi connectivity index (χ0n) is 25.2. The van der Waals surface area contributed by atoms with Crippen molar-refractivity contribution in [3.05, 3.63) is 157 Å². The van der Waals surface area contributed by atoms with Crippen molar-refractivity contribution < 1.29 is 4.42 Å². The van der Waals surface area contributed by atoms with E-state index >= 15 is 0 Å². The lowest BCUT2D eigenvalue weighted by Gasteiger charge is -2.13. The number of nitrogens with zero attached hydrogens (tertiary/aromatic N) is 3. The topological polar surface area (TPSA) is 46.8 Å². The van der Waals surface area contributed by atoms with E-state index in [9.17, 15) is 5.26 Å². The van der Waals surface area contributed by atoms with Crippen molar-refractivity contribution in [1.82, 2.24) is 9.13 Å². The first-order valence-corrected chi connectivity index (χ1v) is 15.7. The van der Waals surface area contributed by atoms with Crippen molar-refractivity contribution >= 4 is 65.6 Å². The second-order valence-corrected chi connectivity index (χ2v) is 12.1.